The summed E-state index contributed by atoms with van der Waals surface area (Å²) in [5, 5.41) is 2.90. The molecule has 1 aromatic rings. The molecular formula is C16H22N4O3. The number of urea groups is 1. The van der Waals surface area contributed by atoms with Crippen molar-refractivity contribution in [1.29, 1.82) is 0 Å². The van der Waals surface area contributed by atoms with Gasteiger partial charge in [-0.1, -0.05) is 0 Å². The van der Waals surface area contributed by atoms with E-state index in [9.17, 15) is 4.79 Å². The van der Waals surface area contributed by atoms with Crippen molar-refractivity contribution in [3.8, 4) is 0 Å². The molecular weight excluding hydrogens is 296 g/mol. The van der Waals surface area contributed by atoms with Crippen molar-refractivity contribution >= 4 is 6.03 Å². The lowest BCUT2D eigenvalue weighted by atomic mass is 9.88. The highest BCUT2D eigenvalue weighted by Gasteiger charge is 2.52. The Kier molecular flexibility index (Phi) is 3.69. The minimum absolute atomic E-state index is 0.0423. The van der Waals surface area contributed by atoms with E-state index >= 15 is 0 Å². The van der Waals surface area contributed by atoms with Crippen LogP contribution in [0.2, 0.25) is 0 Å². The molecule has 124 valence electrons. The summed E-state index contributed by atoms with van der Waals surface area (Å²) < 4.78 is 11.0. The van der Waals surface area contributed by atoms with E-state index in [2.05, 4.69) is 15.3 Å². The van der Waals surface area contributed by atoms with Crippen molar-refractivity contribution in [3.63, 3.8) is 0 Å². The molecule has 1 aromatic heterocycles. The molecule has 0 bridgehead atoms. The van der Waals surface area contributed by atoms with E-state index in [4.69, 9.17) is 9.47 Å². The van der Waals surface area contributed by atoms with Gasteiger partial charge in [0.05, 0.1) is 25.4 Å². The minimum Gasteiger partial charge on any atom is -0.385 e. The molecule has 1 spiro atoms. The van der Waals surface area contributed by atoms with Crippen molar-refractivity contribution in [3.05, 3.63) is 23.3 Å². The van der Waals surface area contributed by atoms with Gasteiger partial charge in [0.25, 0.3) is 0 Å². The first kappa shape index (κ1) is 14.8. The van der Waals surface area contributed by atoms with Gasteiger partial charge in [-0.15, -0.1) is 0 Å². The largest absolute Gasteiger partial charge is 0.385 e. The number of methoxy groups -OCH3 is 1. The lowest BCUT2D eigenvalue weighted by molar-refractivity contribution is -0.124. The maximum atomic E-state index is 12.1. The highest BCUT2D eigenvalue weighted by molar-refractivity contribution is 5.75. The summed E-state index contributed by atoms with van der Waals surface area (Å²) in [5.41, 5.74) is 1.67. The van der Waals surface area contributed by atoms with E-state index in [1.54, 1.807) is 12.0 Å². The van der Waals surface area contributed by atoms with E-state index in [0.717, 1.165) is 23.5 Å². The molecule has 0 atom stereocenters. The molecule has 7 heteroatoms. The maximum absolute atomic E-state index is 12.1. The number of nitrogens with one attached hydrogen (secondary N) is 1. The molecule has 3 heterocycles. The average Bonchev–Trinajstić information content (AvgIpc) is 3.30. The number of likely N-dealkylation sites (tertiary alicyclic amines) is 1. The topological polar surface area (TPSA) is 76.6 Å². The monoisotopic (exact) mass is 318 g/mol. The third kappa shape index (κ3) is 2.68. The highest BCUT2D eigenvalue weighted by Crippen LogP contribution is 2.44. The highest BCUT2D eigenvalue weighted by atomic mass is 16.5. The summed E-state index contributed by atoms with van der Waals surface area (Å²) >= 11 is 0. The number of hydrogen-bond donors (Lipinski definition) is 1. The van der Waals surface area contributed by atoms with Crippen LogP contribution in [0.1, 0.15) is 42.3 Å². The lowest BCUT2D eigenvalue weighted by Crippen LogP contribution is -2.63. The van der Waals surface area contributed by atoms with Crippen molar-refractivity contribution in [2.45, 2.75) is 37.4 Å². The van der Waals surface area contributed by atoms with Crippen LogP contribution in [0.25, 0.3) is 0 Å². The Balaban J connectivity index is 1.35. The minimum atomic E-state index is -0.388. The maximum Gasteiger partial charge on any atom is 0.317 e. The molecule has 0 aromatic carbocycles. The number of amides is 2. The Morgan fingerprint density at radius 3 is 3.09 bits per heavy atom. The van der Waals surface area contributed by atoms with Gasteiger partial charge >= 0.3 is 6.03 Å². The van der Waals surface area contributed by atoms with Crippen LogP contribution in [0, 0.1) is 0 Å². The van der Waals surface area contributed by atoms with Gasteiger partial charge in [0.1, 0.15) is 11.4 Å². The molecule has 0 unspecified atom stereocenters. The molecule has 23 heavy (non-hydrogen) atoms. The normalized spacial score (nSPS) is 21.2. The van der Waals surface area contributed by atoms with Crippen LogP contribution >= 0.6 is 0 Å². The molecule has 1 aliphatic carbocycles. The van der Waals surface area contributed by atoms with Crippen LogP contribution in [0.5, 0.6) is 0 Å². The van der Waals surface area contributed by atoms with Crippen LogP contribution in [0.3, 0.4) is 0 Å². The quantitative estimate of drug-likeness (QED) is 0.824. The Morgan fingerprint density at radius 1 is 1.52 bits per heavy atom. The fourth-order valence-corrected chi connectivity index (χ4v) is 3.24. The number of rotatable bonds is 5. The predicted octanol–water partition coefficient (Wildman–Crippen LogP) is 1.14. The van der Waals surface area contributed by atoms with Gasteiger partial charge in [-0.2, -0.15) is 0 Å². The average molecular weight is 318 g/mol. The summed E-state index contributed by atoms with van der Waals surface area (Å²) in [6.07, 6.45) is 5.12. The standard InChI is InChI=1S/C16H22N4O3/c1-22-6-2-5-17-15(21)20-9-16(10-20)12-7-18-14(11-3-4-11)19-13(12)8-23-16/h7,11H,2-6,8-10H2,1H3,(H,17,21). The molecule has 1 saturated carbocycles. The van der Waals surface area contributed by atoms with Gasteiger partial charge in [0.2, 0.25) is 0 Å². The number of carbonyl (C=O) groups is 1. The number of ether oxygens (including phenoxy) is 2. The molecule has 7 nitrogen and oxygen atoms in total. The first-order chi connectivity index (χ1) is 11.2. The predicted molar refractivity (Wildman–Crippen MR) is 81.9 cm³/mol. The lowest BCUT2D eigenvalue weighted by Gasteiger charge is -2.46. The summed E-state index contributed by atoms with van der Waals surface area (Å²) in [5.74, 6) is 1.50. The molecule has 1 N–H and O–H groups in total. The van der Waals surface area contributed by atoms with Crippen LogP contribution in [0.15, 0.2) is 6.20 Å². The van der Waals surface area contributed by atoms with Crippen molar-refractivity contribution < 1.29 is 14.3 Å². The Hall–Kier alpha value is -1.73. The smallest absolute Gasteiger partial charge is 0.317 e. The van der Waals surface area contributed by atoms with Gasteiger partial charge in [-0.05, 0) is 19.3 Å². The first-order valence-corrected chi connectivity index (χ1v) is 8.24. The van der Waals surface area contributed by atoms with Gasteiger partial charge < -0.3 is 19.7 Å². The number of carbonyl (C=O) groups excluding carboxylic acids is 1. The summed E-state index contributed by atoms with van der Waals surface area (Å²) in [6, 6.07) is -0.0423. The van der Waals surface area contributed by atoms with E-state index in [-0.39, 0.29) is 11.6 Å². The second-order valence-corrected chi connectivity index (χ2v) is 6.58. The number of aromatic nitrogens is 2. The summed E-state index contributed by atoms with van der Waals surface area (Å²) in [7, 11) is 1.66. The van der Waals surface area contributed by atoms with Crippen LogP contribution in [0.4, 0.5) is 4.79 Å². The molecule has 4 rings (SSSR count). The third-order valence-corrected chi connectivity index (χ3v) is 4.79. The van der Waals surface area contributed by atoms with E-state index < -0.39 is 0 Å². The zero-order chi connectivity index (χ0) is 15.9. The third-order valence-electron chi connectivity index (χ3n) is 4.79. The van der Waals surface area contributed by atoms with Gasteiger partial charge in [-0.3, -0.25) is 0 Å². The van der Waals surface area contributed by atoms with Crippen molar-refractivity contribution in [1.82, 2.24) is 20.2 Å². The zero-order valence-corrected chi connectivity index (χ0v) is 13.4. The second-order valence-electron chi connectivity index (χ2n) is 6.58. The van der Waals surface area contributed by atoms with Gasteiger partial charge in [-0.25, -0.2) is 14.8 Å². The van der Waals surface area contributed by atoms with Crippen LogP contribution in [-0.4, -0.2) is 54.2 Å². The van der Waals surface area contributed by atoms with Gasteiger partial charge in [0.15, 0.2) is 0 Å². The Bertz CT molecular complexity index is 611. The van der Waals surface area contributed by atoms with Crippen molar-refractivity contribution in [2.75, 3.05) is 33.4 Å². The van der Waals surface area contributed by atoms with Crippen molar-refractivity contribution in [2.24, 2.45) is 0 Å². The number of hydrogen-bond acceptors (Lipinski definition) is 5. The van der Waals surface area contributed by atoms with E-state index in [1.165, 1.54) is 12.8 Å². The molecule has 2 fully saturated rings. The Labute approximate surface area is 135 Å². The fourth-order valence-electron chi connectivity index (χ4n) is 3.24. The number of fused-ring (bicyclic) bond motifs is 2. The van der Waals surface area contributed by atoms with Crippen LogP contribution < -0.4 is 5.32 Å². The zero-order valence-electron chi connectivity index (χ0n) is 13.4. The second kappa shape index (κ2) is 5.72. The molecule has 2 amide bonds. The SMILES string of the molecule is COCCCNC(=O)N1CC2(C1)OCc1nc(C3CC3)ncc12. The van der Waals surface area contributed by atoms with Gasteiger partial charge in [0, 0.05) is 37.9 Å². The molecule has 2 aliphatic heterocycles. The first-order valence-electron chi connectivity index (χ1n) is 8.24. The fraction of sp³-hybridized carbons (Fsp3) is 0.688. The summed E-state index contributed by atoms with van der Waals surface area (Å²) in [6.45, 7) is 2.95. The molecule has 3 aliphatic rings. The van der Waals surface area contributed by atoms with E-state index in [0.29, 0.717) is 38.8 Å². The van der Waals surface area contributed by atoms with Crippen LogP contribution in [-0.2, 0) is 21.7 Å². The van der Waals surface area contributed by atoms with E-state index in [1.807, 2.05) is 6.20 Å². The Morgan fingerprint density at radius 2 is 2.35 bits per heavy atom. The molecule has 0 radical (unpaired) electrons. The summed E-state index contributed by atoms with van der Waals surface area (Å²) in [4.78, 5) is 23.0. The molecule has 1 saturated heterocycles. The number of nitrogens with zero attached hydrogens (tertiary/aromatic N) is 3.